The molecule has 1 saturated heterocycles. The number of nitrogens with two attached hydrogens (primary N) is 1. The maximum atomic E-state index is 9.07. The molecule has 0 bridgehead atoms. The summed E-state index contributed by atoms with van der Waals surface area (Å²) in [6.45, 7) is 1.18. The van der Waals surface area contributed by atoms with Crippen LogP contribution in [0.5, 0.6) is 0 Å². The molecule has 0 unspecified atom stereocenters. The molecule has 48 valence electrons. The zero-order valence-corrected chi connectivity index (χ0v) is 4.76. The fourth-order valence-electron chi connectivity index (χ4n) is 0.725. The van der Waals surface area contributed by atoms with E-state index in [0.29, 0.717) is 26.1 Å². The second kappa shape index (κ2) is 2.01. The lowest BCUT2D eigenvalue weighted by Crippen LogP contribution is -2.44. The van der Waals surface area contributed by atoms with Crippen molar-refractivity contribution in [1.29, 1.82) is 0 Å². The van der Waals surface area contributed by atoms with Crippen molar-refractivity contribution in [1.82, 2.24) is 0 Å². The molecule has 0 atom stereocenters. The molecule has 0 spiro atoms. The number of rotatable bonds is 0. The minimum absolute atomic E-state index is 0.562. The fourth-order valence-corrected chi connectivity index (χ4v) is 0.725. The van der Waals surface area contributed by atoms with Crippen LogP contribution < -0.4 is 5.73 Å². The van der Waals surface area contributed by atoms with E-state index in [-0.39, 0.29) is 0 Å². The van der Waals surface area contributed by atoms with Crippen LogP contribution in [-0.4, -0.2) is 24.0 Å². The SMILES string of the molecule is NC1(O)CCOCC1. The third-order valence-electron chi connectivity index (χ3n) is 1.36. The smallest absolute Gasteiger partial charge is 0.117 e. The van der Waals surface area contributed by atoms with Crippen LogP contribution in [0.4, 0.5) is 0 Å². The normalized spacial score (nSPS) is 27.8. The topological polar surface area (TPSA) is 55.5 Å². The highest BCUT2D eigenvalue weighted by Gasteiger charge is 2.23. The molecule has 3 heteroatoms. The van der Waals surface area contributed by atoms with Gasteiger partial charge in [0.1, 0.15) is 5.72 Å². The molecule has 1 fully saturated rings. The van der Waals surface area contributed by atoms with Crippen molar-refractivity contribution in [2.45, 2.75) is 18.6 Å². The van der Waals surface area contributed by atoms with Gasteiger partial charge in [-0.2, -0.15) is 0 Å². The summed E-state index contributed by atoms with van der Waals surface area (Å²) in [6, 6.07) is 0. The Kier molecular flexibility index (Phi) is 1.51. The largest absolute Gasteiger partial charge is 0.381 e. The zero-order valence-electron chi connectivity index (χ0n) is 4.76. The van der Waals surface area contributed by atoms with Gasteiger partial charge < -0.3 is 15.6 Å². The lowest BCUT2D eigenvalue weighted by atomic mass is 10.1. The van der Waals surface area contributed by atoms with Gasteiger partial charge in [0.15, 0.2) is 0 Å². The first-order valence-electron chi connectivity index (χ1n) is 2.80. The molecule has 0 aromatic carbocycles. The van der Waals surface area contributed by atoms with Gasteiger partial charge in [0.05, 0.1) is 13.2 Å². The molecule has 1 aliphatic heterocycles. The van der Waals surface area contributed by atoms with Crippen molar-refractivity contribution in [3.05, 3.63) is 0 Å². The second-order valence-electron chi connectivity index (χ2n) is 2.22. The van der Waals surface area contributed by atoms with Gasteiger partial charge in [-0.05, 0) is 0 Å². The van der Waals surface area contributed by atoms with E-state index in [1.54, 1.807) is 0 Å². The first-order chi connectivity index (χ1) is 3.71. The zero-order chi connectivity index (χ0) is 6.04. The van der Waals surface area contributed by atoms with E-state index in [0.717, 1.165) is 0 Å². The van der Waals surface area contributed by atoms with Crippen molar-refractivity contribution in [3.8, 4) is 0 Å². The third kappa shape index (κ3) is 1.43. The molecule has 8 heavy (non-hydrogen) atoms. The summed E-state index contributed by atoms with van der Waals surface area (Å²) in [6.07, 6.45) is 1.12. The van der Waals surface area contributed by atoms with E-state index in [4.69, 9.17) is 15.6 Å². The predicted octanol–water partition coefficient (Wildman–Crippen LogP) is -0.556. The molecule has 0 aromatic heterocycles. The average Bonchev–Trinajstić information content (AvgIpc) is 1.65. The highest BCUT2D eigenvalue weighted by molar-refractivity contribution is 4.72. The summed E-state index contributed by atoms with van der Waals surface area (Å²) in [5.41, 5.74) is 4.41. The molecule has 1 heterocycles. The fraction of sp³-hybridized carbons (Fsp3) is 1.00. The number of aliphatic hydroxyl groups is 1. The first-order valence-corrected chi connectivity index (χ1v) is 2.80. The Hall–Kier alpha value is -0.120. The van der Waals surface area contributed by atoms with Gasteiger partial charge in [-0.25, -0.2) is 0 Å². The van der Waals surface area contributed by atoms with Gasteiger partial charge in [-0.1, -0.05) is 0 Å². The molecule has 3 nitrogen and oxygen atoms in total. The monoisotopic (exact) mass is 117 g/mol. The third-order valence-corrected chi connectivity index (χ3v) is 1.36. The van der Waals surface area contributed by atoms with Gasteiger partial charge in [-0.3, -0.25) is 0 Å². The van der Waals surface area contributed by atoms with Gasteiger partial charge in [0.25, 0.3) is 0 Å². The summed E-state index contributed by atoms with van der Waals surface area (Å²) < 4.78 is 4.97. The van der Waals surface area contributed by atoms with Gasteiger partial charge >= 0.3 is 0 Å². The minimum atomic E-state index is -0.946. The Labute approximate surface area is 48.4 Å². The van der Waals surface area contributed by atoms with Crippen LogP contribution in [0, 0.1) is 0 Å². The Balaban J connectivity index is 2.33. The van der Waals surface area contributed by atoms with E-state index in [1.165, 1.54) is 0 Å². The Morgan fingerprint density at radius 1 is 1.38 bits per heavy atom. The number of hydrogen-bond acceptors (Lipinski definition) is 3. The summed E-state index contributed by atoms with van der Waals surface area (Å²) in [7, 11) is 0. The van der Waals surface area contributed by atoms with Crippen LogP contribution >= 0.6 is 0 Å². The molecule has 0 aromatic rings. The highest BCUT2D eigenvalue weighted by Crippen LogP contribution is 2.12. The molecule has 0 aliphatic carbocycles. The van der Waals surface area contributed by atoms with Crippen molar-refractivity contribution in [2.75, 3.05) is 13.2 Å². The Morgan fingerprint density at radius 2 is 1.88 bits per heavy atom. The number of ether oxygens (including phenoxy) is 1. The van der Waals surface area contributed by atoms with Crippen LogP contribution in [0.3, 0.4) is 0 Å². The summed E-state index contributed by atoms with van der Waals surface area (Å²) in [4.78, 5) is 0. The maximum Gasteiger partial charge on any atom is 0.117 e. The Morgan fingerprint density at radius 3 is 2.12 bits per heavy atom. The van der Waals surface area contributed by atoms with Crippen LogP contribution in [0.15, 0.2) is 0 Å². The van der Waals surface area contributed by atoms with E-state index >= 15 is 0 Å². The van der Waals surface area contributed by atoms with E-state index in [2.05, 4.69) is 0 Å². The molecule has 1 aliphatic rings. The molecule has 0 amide bonds. The lowest BCUT2D eigenvalue weighted by molar-refractivity contribution is -0.0589. The first kappa shape index (κ1) is 6.01. The van der Waals surface area contributed by atoms with E-state index < -0.39 is 5.72 Å². The van der Waals surface area contributed by atoms with Gasteiger partial charge in [0, 0.05) is 12.8 Å². The summed E-state index contributed by atoms with van der Waals surface area (Å²) in [5.74, 6) is 0. The quantitative estimate of drug-likeness (QED) is 0.418. The molecule has 0 saturated carbocycles. The molecular formula is C5H11NO2. The minimum Gasteiger partial charge on any atom is -0.381 e. The van der Waals surface area contributed by atoms with Gasteiger partial charge in [-0.15, -0.1) is 0 Å². The molecule has 1 rings (SSSR count). The Bertz CT molecular complexity index is 74.5. The molecule has 0 radical (unpaired) electrons. The van der Waals surface area contributed by atoms with E-state index in [1.807, 2.05) is 0 Å². The van der Waals surface area contributed by atoms with Crippen LogP contribution in [0.25, 0.3) is 0 Å². The average molecular weight is 117 g/mol. The van der Waals surface area contributed by atoms with Crippen LogP contribution in [-0.2, 0) is 4.74 Å². The number of hydrogen-bond donors (Lipinski definition) is 2. The lowest BCUT2D eigenvalue weighted by Gasteiger charge is -2.27. The second-order valence-corrected chi connectivity index (χ2v) is 2.22. The highest BCUT2D eigenvalue weighted by atomic mass is 16.5. The maximum absolute atomic E-state index is 9.07. The van der Waals surface area contributed by atoms with Crippen molar-refractivity contribution < 1.29 is 9.84 Å². The van der Waals surface area contributed by atoms with Crippen molar-refractivity contribution in [3.63, 3.8) is 0 Å². The predicted molar refractivity (Wildman–Crippen MR) is 29.2 cm³/mol. The van der Waals surface area contributed by atoms with E-state index in [9.17, 15) is 0 Å². The van der Waals surface area contributed by atoms with Crippen LogP contribution in [0.1, 0.15) is 12.8 Å². The van der Waals surface area contributed by atoms with Crippen molar-refractivity contribution in [2.24, 2.45) is 5.73 Å². The van der Waals surface area contributed by atoms with Crippen molar-refractivity contribution >= 4 is 0 Å². The summed E-state index contributed by atoms with van der Waals surface area (Å²) >= 11 is 0. The molecular weight excluding hydrogens is 106 g/mol. The standard InChI is InChI=1S/C5H11NO2/c6-5(7)1-3-8-4-2-5/h7H,1-4,6H2. The molecule has 3 N–H and O–H groups in total. The van der Waals surface area contributed by atoms with Crippen LogP contribution in [0.2, 0.25) is 0 Å². The summed E-state index contributed by atoms with van der Waals surface area (Å²) in [5, 5.41) is 9.07. The van der Waals surface area contributed by atoms with Gasteiger partial charge in [0.2, 0.25) is 0 Å².